The molecule has 4 bridgehead atoms. The number of nitrogens with one attached hydrogen (secondary N) is 1. The quantitative estimate of drug-likeness (QED) is 0.816. The number of amides is 1. The van der Waals surface area contributed by atoms with Crippen LogP contribution in [0, 0.1) is 29.0 Å². The molecule has 1 atom stereocenters. The first-order valence-electron chi connectivity index (χ1n) is 9.66. The molecule has 1 N–H and O–H groups in total. The van der Waals surface area contributed by atoms with Gasteiger partial charge in [0, 0.05) is 6.04 Å². The van der Waals surface area contributed by atoms with Crippen molar-refractivity contribution in [3.63, 3.8) is 0 Å². The largest absolute Gasteiger partial charge is 0.452 e. The molecule has 26 heavy (non-hydrogen) atoms. The van der Waals surface area contributed by atoms with E-state index < -0.39 is 11.8 Å². The highest BCUT2D eigenvalue weighted by atomic mass is 19.1. The molecule has 4 saturated carbocycles. The molecule has 4 aliphatic rings. The first-order valence-corrected chi connectivity index (χ1v) is 9.66. The van der Waals surface area contributed by atoms with Gasteiger partial charge >= 0.3 is 5.97 Å². The summed E-state index contributed by atoms with van der Waals surface area (Å²) >= 11 is 0. The van der Waals surface area contributed by atoms with Crippen LogP contribution < -0.4 is 5.32 Å². The summed E-state index contributed by atoms with van der Waals surface area (Å²) in [6.45, 7) is 1.72. The van der Waals surface area contributed by atoms with Gasteiger partial charge in [-0.05, 0) is 80.8 Å². The van der Waals surface area contributed by atoms with Crippen LogP contribution in [0.5, 0.6) is 0 Å². The van der Waals surface area contributed by atoms with Crippen LogP contribution in [0.2, 0.25) is 0 Å². The fraction of sp³-hybridized carbons (Fsp3) is 0.619. The number of ether oxygens (including phenoxy) is 1. The van der Waals surface area contributed by atoms with Crippen LogP contribution in [0.4, 0.5) is 4.39 Å². The number of rotatable bonds is 5. The Balaban J connectivity index is 1.32. The minimum Gasteiger partial charge on any atom is -0.452 e. The summed E-state index contributed by atoms with van der Waals surface area (Å²) in [6, 6.07) is 5.70. The molecule has 4 aliphatic carbocycles. The lowest BCUT2D eigenvalue weighted by atomic mass is 9.48. The van der Waals surface area contributed by atoms with Gasteiger partial charge in [0.25, 0.3) is 5.91 Å². The van der Waals surface area contributed by atoms with Crippen LogP contribution in [0.1, 0.15) is 55.8 Å². The zero-order valence-electron chi connectivity index (χ0n) is 15.2. The first kappa shape index (κ1) is 17.5. The summed E-state index contributed by atoms with van der Waals surface area (Å²) < 4.78 is 18.6. The minimum absolute atomic E-state index is 0.0792. The van der Waals surface area contributed by atoms with E-state index in [0.717, 1.165) is 17.8 Å². The third kappa shape index (κ3) is 3.24. The lowest BCUT2D eigenvalue weighted by Crippen LogP contribution is -2.56. The first-order chi connectivity index (χ1) is 12.4. The Morgan fingerprint density at radius 1 is 1.15 bits per heavy atom. The third-order valence-electron chi connectivity index (χ3n) is 6.81. The number of benzene rings is 1. The Morgan fingerprint density at radius 2 is 1.73 bits per heavy atom. The minimum atomic E-state index is -0.805. The highest BCUT2D eigenvalue weighted by Gasteiger charge is 2.53. The van der Waals surface area contributed by atoms with Crippen LogP contribution >= 0.6 is 0 Å². The zero-order valence-corrected chi connectivity index (χ0v) is 15.2. The van der Waals surface area contributed by atoms with Crippen LogP contribution in [-0.2, 0) is 9.53 Å². The molecule has 0 saturated heterocycles. The molecule has 0 aromatic heterocycles. The lowest BCUT2D eigenvalue weighted by Gasteiger charge is -2.59. The smallest absolute Gasteiger partial charge is 0.341 e. The maximum absolute atomic E-state index is 13.6. The van der Waals surface area contributed by atoms with Gasteiger partial charge in [0.05, 0.1) is 5.56 Å². The molecule has 0 radical (unpaired) electrons. The molecule has 4 fully saturated rings. The second-order valence-corrected chi connectivity index (χ2v) is 8.63. The number of esters is 1. The zero-order chi connectivity index (χ0) is 18.3. The molecule has 1 aromatic rings. The maximum atomic E-state index is 13.6. The van der Waals surface area contributed by atoms with E-state index in [1.165, 1.54) is 56.7 Å². The Morgan fingerprint density at radius 3 is 2.31 bits per heavy atom. The molecule has 0 spiro atoms. The number of carbonyl (C=O) groups is 2. The van der Waals surface area contributed by atoms with Gasteiger partial charge in [0.2, 0.25) is 0 Å². The maximum Gasteiger partial charge on any atom is 0.341 e. The summed E-state index contributed by atoms with van der Waals surface area (Å²) in [5.74, 6) is 0.706. The Hall–Kier alpha value is -1.91. The van der Waals surface area contributed by atoms with Crippen molar-refractivity contribution in [3.05, 3.63) is 35.6 Å². The van der Waals surface area contributed by atoms with Crippen molar-refractivity contribution < 1.29 is 18.7 Å². The van der Waals surface area contributed by atoms with E-state index in [9.17, 15) is 14.0 Å². The van der Waals surface area contributed by atoms with Crippen molar-refractivity contribution in [2.24, 2.45) is 23.2 Å². The van der Waals surface area contributed by atoms with E-state index in [1.807, 2.05) is 0 Å². The van der Waals surface area contributed by atoms with Gasteiger partial charge in [0.1, 0.15) is 5.82 Å². The van der Waals surface area contributed by atoms with E-state index >= 15 is 0 Å². The monoisotopic (exact) mass is 359 g/mol. The van der Waals surface area contributed by atoms with Crippen LogP contribution in [0.15, 0.2) is 24.3 Å². The standard InChI is InChI=1S/C21H26FNO3/c1-13(21-9-14-6-15(10-21)8-16(7-14)11-21)23-19(24)12-26-20(25)17-4-2-3-5-18(17)22/h2-5,13-16H,6-12H2,1H3,(H,23,24). The van der Waals surface area contributed by atoms with E-state index in [4.69, 9.17) is 4.74 Å². The molecule has 4 nitrogen and oxygen atoms in total. The predicted octanol–water partition coefficient (Wildman–Crippen LogP) is 3.70. The fourth-order valence-electron chi connectivity index (χ4n) is 5.98. The van der Waals surface area contributed by atoms with Crippen molar-refractivity contribution in [2.45, 2.75) is 51.5 Å². The van der Waals surface area contributed by atoms with Gasteiger partial charge in [-0.3, -0.25) is 4.79 Å². The number of carbonyl (C=O) groups excluding carboxylic acids is 2. The second kappa shape index (κ2) is 6.67. The average Bonchev–Trinajstić information content (AvgIpc) is 2.59. The predicted molar refractivity (Wildman–Crippen MR) is 94.9 cm³/mol. The number of hydrogen-bond acceptors (Lipinski definition) is 3. The normalized spacial score (nSPS) is 32.9. The van der Waals surface area contributed by atoms with Crippen molar-refractivity contribution in [1.82, 2.24) is 5.32 Å². The highest BCUT2D eigenvalue weighted by Crippen LogP contribution is 2.61. The Labute approximate surface area is 153 Å². The van der Waals surface area contributed by atoms with Crippen LogP contribution in [0.25, 0.3) is 0 Å². The van der Waals surface area contributed by atoms with Crippen molar-refractivity contribution in [3.8, 4) is 0 Å². The van der Waals surface area contributed by atoms with Gasteiger partial charge in [-0.15, -0.1) is 0 Å². The molecule has 5 heteroatoms. The van der Waals surface area contributed by atoms with Gasteiger partial charge < -0.3 is 10.1 Å². The summed E-state index contributed by atoms with van der Waals surface area (Å²) in [5, 5.41) is 3.05. The molecule has 1 amide bonds. The lowest BCUT2D eigenvalue weighted by molar-refractivity contribution is -0.128. The summed E-state index contributed by atoms with van der Waals surface area (Å²) in [6.07, 6.45) is 7.70. The molecule has 0 heterocycles. The summed E-state index contributed by atoms with van der Waals surface area (Å²) in [7, 11) is 0. The van der Waals surface area contributed by atoms with Crippen molar-refractivity contribution >= 4 is 11.9 Å². The van der Waals surface area contributed by atoms with Gasteiger partial charge in [-0.25, -0.2) is 9.18 Å². The molecule has 1 unspecified atom stereocenters. The third-order valence-corrected chi connectivity index (χ3v) is 6.81. The van der Waals surface area contributed by atoms with Crippen LogP contribution in [-0.4, -0.2) is 24.5 Å². The Kier molecular flexibility index (Phi) is 4.49. The van der Waals surface area contributed by atoms with E-state index in [-0.39, 0.29) is 29.5 Å². The molecule has 0 aliphatic heterocycles. The van der Waals surface area contributed by atoms with E-state index in [2.05, 4.69) is 12.2 Å². The van der Waals surface area contributed by atoms with Crippen molar-refractivity contribution in [2.75, 3.05) is 6.61 Å². The molecular formula is C21H26FNO3. The highest BCUT2D eigenvalue weighted by molar-refractivity contribution is 5.91. The molecule has 1 aromatic carbocycles. The van der Waals surface area contributed by atoms with Gasteiger partial charge in [-0.2, -0.15) is 0 Å². The van der Waals surface area contributed by atoms with Crippen molar-refractivity contribution in [1.29, 1.82) is 0 Å². The average molecular weight is 359 g/mol. The van der Waals surface area contributed by atoms with E-state index in [1.54, 1.807) is 6.07 Å². The second-order valence-electron chi connectivity index (χ2n) is 8.63. The van der Waals surface area contributed by atoms with Gasteiger partial charge in [0.15, 0.2) is 6.61 Å². The summed E-state index contributed by atoms with van der Waals surface area (Å²) in [4.78, 5) is 24.2. The molecule has 140 valence electrons. The Bertz CT molecular complexity index is 682. The van der Waals surface area contributed by atoms with E-state index in [0.29, 0.717) is 0 Å². The van der Waals surface area contributed by atoms with Crippen LogP contribution in [0.3, 0.4) is 0 Å². The van der Waals surface area contributed by atoms with Gasteiger partial charge in [-0.1, -0.05) is 12.1 Å². The molecular weight excluding hydrogens is 333 g/mol. The number of halogens is 1. The fourth-order valence-corrected chi connectivity index (χ4v) is 5.98. The topological polar surface area (TPSA) is 55.4 Å². The SMILES string of the molecule is CC(NC(=O)COC(=O)c1ccccc1F)C12CC3CC(CC(C3)C1)C2. The number of hydrogen-bond donors (Lipinski definition) is 1. The molecule has 5 rings (SSSR count). The summed E-state index contributed by atoms with van der Waals surface area (Å²) in [5.41, 5.74) is 0.0642.